The van der Waals surface area contributed by atoms with Gasteiger partial charge in [-0.2, -0.15) is 0 Å². The first kappa shape index (κ1) is 31.8. The number of amides is 1. The number of Topliss-reactive ketones (excluding diaryl/α,β-unsaturated/α-hetero) is 1. The monoisotopic (exact) mass is 646 g/mol. The lowest BCUT2D eigenvalue weighted by Crippen LogP contribution is -2.53. The molecule has 5 atom stereocenters. The van der Waals surface area contributed by atoms with Crippen molar-refractivity contribution in [1.29, 1.82) is 0 Å². The fourth-order valence-electron chi connectivity index (χ4n) is 8.42. The highest BCUT2D eigenvalue weighted by molar-refractivity contribution is 6.31. The van der Waals surface area contributed by atoms with Crippen molar-refractivity contribution in [3.63, 3.8) is 0 Å². The summed E-state index contributed by atoms with van der Waals surface area (Å²) in [5.41, 5.74) is 4.79. The summed E-state index contributed by atoms with van der Waals surface area (Å²) in [5.74, 6) is 4.80. The molecule has 3 fully saturated rings. The van der Waals surface area contributed by atoms with Crippen LogP contribution in [0.2, 0.25) is 5.02 Å². The zero-order chi connectivity index (χ0) is 32.5. The summed E-state index contributed by atoms with van der Waals surface area (Å²) < 4.78 is 38.8. The van der Waals surface area contributed by atoms with Crippen molar-refractivity contribution in [3.8, 4) is 5.75 Å². The number of alkyl halides is 2. The number of halogens is 3. The number of hydrazine groups is 1. The van der Waals surface area contributed by atoms with Crippen LogP contribution in [0.25, 0.3) is 0 Å². The molecule has 0 bridgehead atoms. The molecule has 1 aromatic rings. The van der Waals surface area contributed by atoms with E-state index in [0.717, 1.165) is 29.8 Å². The van der Waals surface area contributed by atoms with Crippen molar-refractivity contribution in [2.75, 3.05) is 27.3 Å². The van der Waals surface area contributed by atoms with Crippen LogP contribution in [-0.4, -0.2) is 61.3 Å². The number of hydrogen-bond acceptors (Lipinski definition) is 8. The first-order chi connectivity index (χ1) is 21.3. The van der Waals surface area contributed by atoms with Crippen LogP contribution in [0.4, 0.5) is 8.78 Å². The van der Waals surface area contributed by atoms with E-state index in [0.29, 0.717) is 55.0 Å². The number of ether oxygens (including phenoxy) is 2. The maximum atomic E-state index is 14.7. The van der Waals surface area contributed by atoms with E-state index in [9.17, 15) is 23.2 Å². The second kappa shape index (κ2) is 11.3. The lowest BCUT2D eigenvalue weighted by atomic mass is 9.67. The molecule has 1 spiro atoms. The largest absolute Gasteiger partial charge is 0.487 e. The molecule has 5 aliphatic rings. The normalized spacial score (nSPS) is 31.6. The summed E-state index contributed by atoms with van der Waals surface area (Å²) in [6.45, 7) is 1.67. The topological polar surface area (TPSA) is 128 Å². The Morgan fingerprint density at radius 1 is 1.22 bits per heavy atom. The molecule has 0 radical (unpaired) electrons. The van der Waals surface area contributed by atoms with Crippen molar-refractivity contribution < 1.29 is 32.6 Å². The average molecular weight is 647 g/mol. The van der Waals surface area contributed by atoms with Gasteiger partial charge in [-0.25, -0.2) is 14.6 Å². The van der Waals surface area contributed by atoms with Crippen LogP contribution in [0, 0.1) is 28.1 Å². The number of benzene rings is 1. The lowest BCUT2D eigenvalue weighted by molar-refractivity contribution is -0.164. The highest BCUT2D eigenvalue weighted by atomic mass is 35.5. The van der Waals surface area contributed by atoms with E-state index in [2.05, 4.69) is 0 Å². The van der Waals surface area contributed by atoms with Gasteiger partial charge in [0, 0.05) is 30.6 Å². The van der Waals surface area contributed by atoms with Crippen molar-refractivity contribution in [3.05, 3.63) is 51.8 Å². The minimum Gasteiger partial charge on any atom is -0.487 e. The van der Waals surface area contributed by atoms with Crippen molar-refractivity contribution in [1.82, 2.24) is 9.91 Å². The molecule has 1 aromatic carbocycles. The molecule has 1 aliphatic heterocycles. The molecule has 1 heterocycles. The summed E-state index contributed by atoms with van der Waals surface area (Å²) in [4.78, 5) is 43.8. The van der Waals surface area contributed by atoms with Crippen LogP contribution in [0.5, 0.6) is 5.75 Å². The van der Waals surface area contributed by atoms with Crippen LogP contribution in [0.15, 0.2) is 35.7 Å². The molecule has 1 amide bonds. The molecular formula is C33H41ClF2N4O5. The molecule has 4 N–H and O–H groups in total. The van der Waals surface area contributed by atoms with Crippen molar-refractivity contribution in [2.24, 2.45) is 39.7 Å². The molecule has 0 saturated heterocycles. The second-order valence-electron chi connectivity index (χ2n) is 13.9. The number of methoxy groups -OCH3 is 1. The molecule has 6 rings (SSSR count). The number of rotatable bonds is 8. The molecule has 0 aromatic heterocycles. The highest BCUT2D eigenvalue weighted by Gasteiger charge is 2.73. The van der Waals surface area contributed by atoms with Crippen LogP contribution < -0.4 is 16.3 Å². The van der Waals surface area contributed by atoms with Gasteiger partial charge in [0.05, 0.1) is 35.6 Å². The smallest absolute Gasteiger partial charge is 0.312 e. The van der Waals surface area contributed by atoms with Gasteiger partial charge >= 0.3 is 5.97 Å². The first-order valence-electron chi connectivity index (χ1n) is 15.6. The van der Waals surface area contributed by atoms with Gasteiger partial charge in [0.1, 0.15) is 23.8 Å². The zero-order valence-corrected chi connectivity index (χ0v) is 26.7. The summed E-state index contributed by atoms with van der Waals surface area (Å²) in [6.07, 6.45) is 6.10. The van der Waals surface area contributed by atoms with Gasteiger partial charge in [-0.3, -0.25) is 14.4 Å². The number of nitrogens with zero attached hydrogens (tertiary/aromatic N) is 2. The Morgan fingerprint density at radius 3 is 2.58 bits per heavy atom. The van der Waals surface area contributed by atoms with E-state index in [1.165, 1.54) is 14.2 Å². The summed E-state index contributed by atoms with van der Waals surface area (Å²) in [7, 11) is 2.59. The van der Waals surface area contributed by atoms with Crippen LogP contribution in [0.3, 0.4) is 0 Å². The lowest BCUT2D eigenvalue weighted by Gasteiger charge is -2.47. The van der Waals surface area contributed by atoms with Crippen molar-refractivity contribution in [2.45, 2.75) is 70.8 Å². The predicted molar refractivity (Wildman–Crippen MR) is 163 cm³/mol. The zero-order valence-electron chi connectivity index (χ0n) is 25.9. The number of carbonyl (C=O) groups excluding carboxylic acids is 3. The molecule has 2 unspecified atom stereocenters. The third-order valence-corrected chi connectivity index (χ3v) is 11.5. The number of fused-ring (bicyclic) bond motifs is 2. The van der Waals surface area contributed by atoms with E-state index < -0.39 is 47.5 Å². The Hall–Kier alpha value is -3.18. The Labute approximate surface area is 266 Å². The second-order valence-corrected chi connectivity index (χ2v) is 14.3. The number of esters is 1. The highest BCUT2D eigenvalue weighted by Crippen LogP contribution is 2.75. The van der Waals surface area contributed by atoms with E-state index in [-0.39, 0.29) is 28.7 Å². The van der Waals surface area contributed by atoms with Gasteiger partial charge in [0.25, 0.3) is 6.43 Å². The van der Waals surface area contributed by atoms with E-state index in [1.807, 2.05) is 12.2 Å². The van der Waals surface area contributed by atoms with E-state index in [4.69, 9.17) is 32.7 Å². The summed E-state index contributed by atoms with van der Waals surface area (Å²) in [5, 5.41) is 1.24. The number of carbonyl (C=O) groups is 3. The Balaban J connectivity index is 1.45. The predicted octanol–water partition coefficient (Wildman–Crippen LogP) is 4.68. The summed E-state index contributed by atoms with van der Waals surface area (Å²) >= 11 is 6.78. The average Bonchev–Trinajstić information content (AvgIpc) is 3.92. The summed E-state index contributed by atoms with van der Waals surface area (Å²) in [6, 6.07) is 2.63. The third kappa shape index (κ3) is 5.10. The quantitative estimate of drug-likeness (QED) is 0.180. The molecule has 45 heavy (non-hydrogen) atoms. The van der Waals surface area contributed by atoms with Gasteiger partial charge in [-0.15, -0.1) is 0 Å². The van der Waals surface area contributed by atoms with Crippen LogP contribution in [0.1, 0.15) is 69.0 Å². The number of allylic oxidation sites excluding steroid dienone is 3. The fraction of sp³-hybridized carbons (Fsp3) is 0.606. The molecule has 9 nitrogen and oxygen atoms in total. The standard InChI is InChI=1S/C33H41ClF2N4O5/c1-31(30(43)44-3)10-5-4-6-20(31)29(42)40-13-9-19-21(34)7-8-23(45-17-22(37)26(28(35)36)39(2)38)25(19)27(40)33-15-18(33)14-32(11-12-32)16-24(33)41/h4-5,7-8,18,20,27-28H,6,9-17,37-38H2,1-3H3/b26-22-/t18?,20-,27-,31-,33?/m0/s1. The molecular weight excluding hydrogens is 606 g/mol. The maximum absolute atomic E-state index is 14.7. The molecule has 12 heteroatoms. The molecule has 4 aliphatic carbocycles. The SMILES string of the molecule is COC(=O)[C@@]1(C)CC=CC[C@H]1C(=O)N1CCc2c(Cl)ccc(OC/C(N)=C(\C(F)F)N(C)N)c2[C@H]1C12CC1CC1(CC1)CC2=O. The van der Waals surface area contributed by atoms with Gasteiger partial charge in [0.15, 0.2) is 0 Å². The number of ketones is 1. The fourth-order valence-corrected chi connectivity index (χ4v) is 8.68. The minimum atomic E-state index is -2.92. The number of nitrogens with two attached hydrogens (primary N) is 2. The van der Waals surface area contributed by atoms with Crippen molar-refractivity contribution >= 4 is 29.3 Å². The Kier molecular flexibility index (Phi) is 7.95. The van der Waals surface area contributed by atoms with E-state index >= 15 is 0 Å². The first-order valence-corrected chi connectivity index (χ1v) is 15.9. The third-order valence-electron chi connectivity index (χ3n) is 11.2. The van der Waals surface area contributed by atoms with Crippen LogP contribution in [-0.2, 0) is 25.5 Å². The van der Waals surface area contributed by atoms with Gasteiger partial charge < -0.3 is 25.1 Å². The molecule has 244 valence electrons. The minimum absolute atomic E-state index is 0.0680. The van der Waals surface area contributed by atoms with Gasteiger partial charge in [-0.05, 0) is 80.9 Å². The Bertz CT molecular complexity index is 1480. The van der Waals surface area contributed by atoms with E-state index in [1.54, 1.807) is 24.0 Å². The van der Waals surface area contributed by atoms with Gasteiger partial charge in [-0.1, -0.05) is 23.8 Å². The Morgan fingerprint density at radius 2 is 1.96 bits per heavy atom. The van der Waals surface area contributed by atoms with Gasteiger partial charge in [0.2, 0.25) is 5.91 Å². The number of hydrogen-bond donors (Lipinski definition) is 2. The maximum Gasteiger partial charge on any atom is 0.312 e. The molecule has 3 saturated carbocycles. The van der Waals surface area contributed by atoms with Crippen LogP contribution >= 0.6 is 11.6 Å².